The van der Waals surface area contributed by atoms with Gasteiger partial charge in [-0.25, -0.2) is 0 Å². The van der Waals surface area contributed by atoms with Crippen molar-refractivity contribution in [2.24, 2.45) is 0 Å². The highest BCUT2D eigenvalue weighted by Gasteiger charge is 1.74. The molecule has 1 N–H and O–H groups in total. The van der Waals surface area contributed by atoms with E-state index in [2.05, 4.69) is 0 Å². The lowest BCUT2D eigenvalue weighted by atomic mass is 10.3. The first-order valence-corrected chi connectivity index (χ1v) is 2.13. The topological polar surface area (TPSA) is 20.2 Å². The SMILES string of the molecule is Cl.Oc1ccccc1.S. The third kappa shape index (κ3) is 4.18. The summed E-state index contributed by atoms with van der Waals surface area (Å²) in [4.78, 5) is 0. The van der Waals surface area contributed by atoms with Crippen molar-refractivity contribution in [2.45, 2.75) is 0 Å². The van der Waals surface area contributed by atoms with Gasteiger partial charge in [-0.2, -0.15) is 13.5 Å². The number of halogens is 1. The zero-order chi connectivity index (χ0) is 5.11. The van der Waals surface area contributed by atoms with Crippen molar-refractivity contribution < 1.29 is 5.11 Å². The summed E-state index contributed by atoms with van der Waals surface area (Å²) in [7, 11) is 0. The molecule has 0 aliphatic carbocycles. The molecule has 1 aromatic carbocycles. The summed E-state index contributed by atoms with van der Waals surface area (Å²) < 4.78 is 0. The summed E-state index contributed by atoms with van der Waals surface area (Å²) >= 11 is 0. The number of phenolic OH excluding ortho intramolecular Hbond substituents is 1. The Hall–Kier alpha value is -0.340. The van der Waals surface area contributed by atoms with Crippen molar-refractivity contribution in [3.05, 3.63) is 30.3 Å². The van der Waals surface area contributed by atoms with Crippen LogP contribution in [-0.2, 0) is 0 Å². The van der Waals surface area contributed by atoms with Gasteiger partial charge in [0.25, 0.3) is 0 Å². The molecule has 52 valence electrons. The van der Waals surface area contributed by atoms with Gasteiger partial charge < -0.3 is 5.11 Å². The lowest BCUT2D eigenvalue weighted by molar-refractivity contribution is 0.475. The van der Waals surface area contributed by atoms with Gasteiger partial charge in [0, 0.05) is 0 Å². The molecule has 0 aromatic heterocycles. The molecule has 0 heterocycles. The minimum atomic E-state index is 0. The predicted molar refractivity (Wildman–Crippen MR) is 45.7 cm³/mol. The van der Waals surface area contributed by atoms with Gasteiger partial charge in [0.1, 0.15) is 5.75 Å². The molecule has 0 radical (unpaired) electrons. The van der Waals surface area contributed by atoms with E-state index in [-0.39, 0.29) is 25.9 Å². The molecule has 0 amide bonds. The standard InChI is InChI=1S/C6H6O.ClH.H2S/c7-6-4-2-1-3-5-6;;/h1-5,7H;1H;1H2. The third-order valence-corrected chi connectivity index (χ3v) is 0.756. The molecule has 0 fully saturated rings. The maximum Gasteiger partial charge on any atom is 0.115 e. The van der Waals surface area contributed by atoms with Crippen LogP contribution in [0, 0.1) is 0 Å². The van der Waals surface area contributed by atoms with Crippen molar-refractivity contribution in [3.8, 4) is 5.75 Å². The molecule has 0 bridgehead atoms. The van der Waals surface area contributed by atoms with Gasteiger partial charge in [0.15, 0.2) is 0 Å². The Morgan fingerprint density at radius 1 is 1.00 bits per heavy atom. The highest BCUT2D eigenvalue weighted by atomic mass is 35.5. The van der Waals surface area contributed by atoms with Crippen LogP contribution in [0.3, 0.4) is 0 Å². The molecule has 1 rings (SSSR count). The quantitative estimate of drug-likeness (QED) is 0.622. The molecule has 3 heteroatoms. The number of para-hydroxylation sites is 1. The Kier molecular flexibility index (Phi) is 7.37. The molecular formula is C6H9ClOS. The number of hydrogen-bond acceptors (Lipinski definition) is 1. The van der Waals surface area contributed by atoms with E-state index in [1.54, 1.807) is 24.3 Å². The Morgan fingerprint density at radius 3 is 1.67 bits per heavy atom. The van der Waals surface area contributed by atoms with Gasteiger partial charge in [-0.3, -0.25) is 0 Å². The Bertz CT molecular complexity index is 143. The van der Waals surface area contributed by atoms with Crippen molar-refractivity contribution in [2.75, 3.05) is 0 Å². The van der Waals surface area contributed by atoms with Crippen LogP contribution in [-0.4, -0.2) is 5.11 Å². The van der Waals surface area contributed by atoms with E-state index in [9.17, 15) is 0 Å². The molecule has 0 saturated carbocycles. The summed E-state index contributed by atoms with van der Waals surface area (Å²) in [5.41, 5.74) is 0. The van der Waals surface area contributed by atoms with E-state index in [1.807, 2.05) is 6.07 Å². The first kappa shape index (κ1) is 11.5. The van der Waals surface area contributed by atoms with Crippen molar-refractivity contribution >= 4 is 25.9 Å². The Balaban J connectivity index is 0. The van der Waals surface area contributed by atoms with Crippen LogP contribution < -0.4 is 0 Å². The minimum absolute atomic E-state index is 0. The number of rotatable bonds is 0. The summed E-state index contributed by atoms with van der Waals surface area (Å²) in [5, 5.41) is 8.63. The molecule has 0 aliphatic rings. The fourth-order valence-electron chi connectivity index (χ4n) is 0.428. The number of benzene rings is 1. The lowest BCUT2D eigenvalue weighted by Crippen LogP contribution is -1.56. The summed E-state index contributed by atoms with van der Waals surface area (Å²) in [6.07, 6.45) is 0. The molecule has 0 saturated heterocycles. The molecule has 1 aromatic rings. The van der Waals surface area contributed by atoms with E-state index in [0.29, 0.717) is 5.75 Å². The van der Waals surface area contributed by atoms with Crippen LogP contribution >= 0.6 is 25.9 Å². The predicted octanol–water partition coefficient (Wildman–Crippen LogP) is 1.93. The third-order valence-electron chi connectivity index (χ3n) is 0.756. The normalized spacial score (nSPS) is 6.67. The van der Waals surface area contributed by atoms with E-state index >= 15 is 0 Å². The van der Waals surface area contributed by atoms with E-state index < -0.39 is 0 Å². The monoisotopic (exact) mass is 164 g/mol. The maximum atomic E-state index is 8.63. The average molecular weight is 165 g/mol. The Labute approximate surface area is 67.6 Å². The van der Waals surface area contributed by atoms with Crippen LogP contribution in [0.5, 0.6) is 5.75 Å². The van der Waals surface area contributed by atoms with Crippen LogP contribution in [0.4, 0.5) is 0 Å². The number of aromatic hydroxyl groups is 1. The van der Waals surface area contributed by atoms with Gasteiger partial charge in [-0.05, 0) is 12.1 Å². The zero-order valence-corrected chi connectivity index (χ0v) is 6.56. The second-order valence-electron chi connectivity index (χ2n) is 1.34. The molecular weight excluding hydrogens is 156 g/mol. The summed E-state index contributed by atoms with van der Waals surface area (Å²) in [5.74, 6) is 0.322. The molecule has 0 spiro atoms. The molecule has 9 heavy (non-hydrogen) atoms. The van der Waals surface area contributed by atoms with E-state index in [4.69, 9.17) is 5.11 Å². The van der Waals surface area contributed by atoms with Crippen LogP contribution in [0.1, 0.15) is 0 Å². The first-order valence-electron chi connectivity index (χ1n) is 2.13. The number of phenols is 1. The second-order valence-corrected chi connectivity index (χ2v) is 1.34. The van der Waals surface area contributed by atoms with Gasteiger partial charge in [0.05, 0.1) is 0 Å². The molecule has 0 unspecified atom stereocenters. The average Bonchev–Trinajstić information content (AvgIpc) is 1.69. The van der Waals surface area contributed by atoms with Crippen molar-refractivity contribution in [3.63, 3.8) is 0 Å². The van der Waals surface area contributed by atoms with Crippen molar-refractivity contribution in [1.82, 2.24) is 0 Å². The van der Waals surface area contributed by atoms with E-state index in [1.165, 1.54) is 0 Å². The van der Waals surface area contributed by atoms with Crippen molar-refractivity contribution in [1.29, 1.82) is 0 Å². The smallest absolute Gasteiger partial charge is 0.115 e. The second kappa shape index (κ2) is 5.79. The molecule has 1 nitrogen and oxygen atoms in total. The van der Waals surface area contributed by atoms with Gasteiger partial charge in [0.2, 0.25) is 0 Å². The summed E-state index contributed by atoms with van der Waals surface area (Å²) in [6, 6.07) is 8.71. The van der Waals surface area contributed by atoms with Gasteiger partial charge in [-0.1, -0.05) is 18.2 Å². The fraction of sp³-hybridized carbons (Fsp3) is 0. The maximum absolute atomic E-state index is 8.63. The van der Waals surface area contributed by atoms with E-state index in [0.717, 1.165) is 0 Å². The highest BCUT2D eigenvalue weighted by Crippen LogP contribution is 2.02. The molecule has 0 atom stereocenters. The van der Waals surface area contributed by atoms with Crippen LogP contribution in [0.2, 0.25) is 0 Å². The molecule has 0 aliphatic heterocycles. The Morgan fingerprint density at radius 2 is 1.44 bits per heavy atom. The van der Waals surface area contributed by atoms with Crippen LogP contribution in [0.15, 0.2) is 30.3 Å². The first-order chi connectivity index (χ1) is 3.39. The minimum Gasteiger partial charge on any atom is -0.508 e. The fourth-order valence-corrected chi connectivity index (χ4v) is 0.428. The number of hydrogen-bond donors (Lipinski definition) is 1. The highest BCUT2D eigenvalue weighted by molar-refractivity contribution is 7.59. The van der Waals surface area contributed by atoms with Gasteiger partial charge in [-0.15, -0.1) is 12.4 Å². The summed E-state index contributed by atoms with van der Waals surface area (Å²) in [6.45, 7) is 0. The largest absolute Gasteiger partial charge is 0.508 e. The zero-order valence-electron chi connectivity index (χ0n) is 4.74. The van der Waals surface area contributed by atoms with Crippen LogP contribution in [0.25, 0.3) is 0 Å². The van der Waals surface area contributed by atoms with Gasteiger partial charge >= 0.3 is 0 Å². The lowest BCUT2D eigenvalue weighted by Gasteiger charge is -1.82.